The van der Waals surface area contributed by atoms with E-state index in [0.29, 0.717) is 0 Å². The number of carbonyl (C=O) groups excluding carboxylic acids is 2. The Morgan fingerprint density at radius 3 is 2.54 bits per heavy atom. The second-order valence-corrected chi connectivity index (χ2v) is 7.74. The number of benzene rings is 1. The largest absolute Gasteiger partial charge is 0.449 e. The smallest absolute Gasteiger partial charge is 0.338 e. The Kier molecular flexibility index (Phi) is 5.82. The highest BCUT2D eigenvalue weighted by Crippen LogP contribution is 2.18. The second kappa shape index (κ2) is 7.65. The zero-order valence-electron chi connectivity index (χ0n) is 13.7. The van der Waals surface area contributed by atoms with E-state index in [1.165, 1.54) is 31.2 Å². The minimum Gasteiger partial charge on any atom is -0.449 e. The van der Waals surface area contributed by atoms with Gasteiger partial charge in [-0.05, 0) is 38.0 Å². The molecule has 1 fully saturated rings. The number of carbonyl (C=O) groups is 2. The summed E-state index contributed by atoms with van der Waals surface area (Å²) >= 11 is 0. The van der Waals surface area contributed by atoms with Gasteiger partial charge >= 0.3 is 5.97 Å². The van der Waals surface area contributed by atoms with Gasteiger partial charge in [0.25, 0.3) is 5.91 Å². The SMILES string of the molecule is C[C@H](OC(=O)c1cccc(NS(C)(=O)=O)c1)C(=O)NC1CCCC1. The van der Waals surface area contributed by atoms with Gasteiger partial charge in [-0.1, -0.05) is 18.9 Å². The summed E-state index contributed by atoms with van der Waals surface area (Å²) in [4.78, 5) is 24.2. The van der Waals surface area contributed by atoms with Crippen molar-refractivity contribution in [1.29, 1.82) is 0 Å². The predicted octanol–water partition coefficient (Wildman–Crippen LogP) is 1.66. The Morgan fingerprint density at radius 1 is 1.25 bits per heavy atom. The van der Waals surface area contributed by atoms with E-state index in [-0.39, 0.29) is 23.2 Å². The van der Waals surface area contributed by atoms with Crippen molar-refractivity contribution in [3.8, 4) is 0 Å². The molecule has 1 atom stereocenters. The first-order valence-corrected chi connectivity index (χ1v) is 9.73. The minimum atomic E-state index is -3.44. The molecule has 2 N–H and O–H groups in total. The van der Waals surface area contributed by atoms with E-state index in [2.05, 4.69) is 10.0 Å². The van der Waals surface area contributed by atoms with Crippen molar-refractivity contribution < 1.29 is 22.7 Å². The van der Waals surface area contributed by atoms with Crippen molar-refractivity contribution in [2.24, 2.45) is 0 Å². The molecule has 2 rings (SSSR count). The van der Waals surface area contributed by atoms with Crippen molar-refractivity contribution in [2.45, 2.75) is 44.8 Å². The van der Waals surface area contributed by atoms with E-state index >= 15 is 0 Å². The number of anilines is 1. The fourth-order valence-electron chi connectivity index (χ4n) is 2.59. The third-order valence-corrected chi connectivity index (χ3v) is 4.36. The number of hydrogen-bond acceptors (Lipinski definition) is 5. The average molecular weight is 354 g/mol. The number of hydrogen-bond donors (Lipinski definition) is 2. The fraction of sp³-hybridized carbons (Fsp3) is 0.500. The molecule has 0 aliphatic heterocycles. The van der Waals surface area contributed by atoms with Crippen molar-refractivity contribution in [3.63, 3.8) is 0 Å². The van der Waals surface area contributed by atoms with Gasteiger partial charge in [0.05, 0.1) is 11.8 Å². The molecule has 0 bridgehead atoms. The topological polar surface area (TPSA) is 102 Å². The number of ether oxygens (including phenoxy) is 1. The molecule has 0 saturated heterocycles. The number of sulfonamides is 1. The van der Waals surface area contributed by atoms with Gasteiger partial charge in [0.15, 0.2) is 6.10 Å². The molecule has 132 valence electrons. The van der Waals surface area contributed by atoms with Gasteiger partial charge in [-0.2, -0.15) is 0 Å². The Labute approximate surface area is 141 Å². The van der Waals surface area contributed by atoms with Gasteiger partial charge in [-0.25, -0.2) is 13.2 Å². The third kappa shape index (κ3) is 5.52. The van der Waals surface area contributed by atoms with Crippen LogP contribution in [-0.2, 0) is 19.6 Å². The molecule has 0 aromatic heterocycles. The Bertz CT molecular complexity index is 711. The van der Waals surface area contributed by atoms with Gasteiger partial charge in [0, 0.05) is 11.7 Å². The molecule has 1 saturated carbocycles. The maximum Gasteiger partial charge on any atom is 0.338 e. The van der Waals surface area contributed by atoms with Crippen LogP contribution in [0.15, 0.2) is 24.3 Å². The van der Waals surface area contributed by atoms with Gasteiger partial charge in [0.2, 0.25) is 10.0 Å². The van der Waals surface area contributed by atoms with Gasteiger partial charge in [-0.3, -0.25) is 9.52 Å². The molecule has 7 nitrogen and oxygen atoms in total. The van der Waals surface area contributed by atoms with E-state index in [4.69, 9.17) is 4.74 Å². The first-order chi connectivity index (χ1) is 11.2. The third-order valence-electron chi connectivity index (χ3n) is 3.76. The van der Waals surface area contributed by atoms with Crippen molar-refractivity contribution in [3.05, 3.63) is 29.8 Å². The summed E-state index contributed by atoms with van der Waals surface area (Å²) in [7, 11) is -3.44. The first-order valence-electron chi connectivity index (χ1n) is 7.84. The van der Waals surface area contributed by atoms with Crippen LogP contribution >= 0.6 is 0 Å². The van der Waals surface area contributed by atoms with E-state index in [9.17, 15) is 18.0 Å². The number of esters is 1. The summed E-state index contributed by atoms with van der Waals surface area (Å²) in [5.41, 5.74) is 0.430. The molecular weight excluding hydrogens is 332 g/mol. The molecule has 0 unspecified atom stereocenters. The lowest BCUT2D eigenvalue weighted by Crippen LogP contribution is -2.40. The molecule has 1 aliphatic carbocycles. The fourth-order valence-corrected chi connectivity index (χ4v) is 3.15. The van der Waals surface area contributed by atoms with E-state index in [1.807, 2.05) is 0 Å². The lowest BCUT2D eigenvalue weighted by Gasteiger charge is -2.17. The summed E-state index contributed by atoms with van der Waals surface area (Å²) < 4.78 is 29.9. The zero-order chi connectivity index (χ0) is 17.7. The summed E-state index contributed by atoms with van der Waals surface area (Å²) in [5, 5.41) is 2.87. The van der Waals surface area contributed by atoms with Crippen LogP contribution in [0.3, 0.4) is 0 Å². The molecule has 0 radical (unpaired) electrons. The Hall–Kier alpha value is -2.09. The van der Waals surface area contributed by atoms with Crippen LogP contribution in [0.5, 0.6) is 0 Å². The first kappa shape index (κ1) is 18.3. The van der Waals surface area contributed by atoms with E-state index in [1.54, 1.807) is 0 Å². The average Bonchev–Trinajstić information content (AvgIpc) is 2.98. The normalized spacial score (nSPS) is 16.4. The molecule has 1 aromatic carbocycles. The molecule has 24 heavy (non-hydrogen) atoms. The molecule has 0 spiro atoms. The maximum absolute atomic E-state index is 12.1. The molecular formula is C16H22N2O5S. The second-order valence-electron chi connectivity index (χ2n) is 5.99. The van der Waals surface area contributed by atoms with Crippen LogP contribution in [-0.4, -0.2) is 38.7 Å². The van der Waals surface area contributed by atoms with E-state index in [0.717, 1.165) is 31.9 Å². The zero-order valence-corrected chi connectivity index (χ0v) is 14.6. The molecule has 1 aliphatic rings. The maximum atomic E-state index is 12.1. The minimum absolute atomic E-state index is 0.154. The number of nitrogens with one attached hydrogen (secondary N) is 2. The Balaban J connectivity index is 1.95. The predicted molar refractivity (Wildman–Crippen MR) is 90.2 cm³/mol. The summed E-state index contributed by atoms with van der Waals surface area (Å²) in [6.45, 7) is 1.51. The lowest BCUT2D eigenvalue weighted by molar-refractivity contribution is -0.129. The van der Waals surface area contributed by atoms with Gasteiger partial charge in [0.1, 0.15) is 0 Å². The highest BCUT2D eigenvalue weighted by Gasteiger charge is 2.23. The highest BCUT2D eigenvalue weighted by molar-refractivity contribution is 7.92. The van der Waals surface area contributed by atoms with Crippen LogP contribution in [0.2, 0.25) is 0 Å². The molecule has 0 heterocycles. The van der Waals surface area contributed by atoms with Crippen LogP contribution < -0.4 is 10.0 Å². The van der Waals surface area contributed by atoms with Crippen molar-refractivity contribution in [2.75, 3.05) is 11.0 Å². The number of rotatable bonds is 6. The van der Waals surface area contributed by atoms with E-state index < -0.39 is 22.1 Å². The van der Waals surface area contributed by atoms with Crippen molar-refractivity contribution in [1.82, 2.24) is 5.32 Å². The number of amides is 1. The van der Waals surface area contributed by atoms with Crippen LogP contribution in [0.25, 0.3) is 0 Å². The lowest BCUT2D eigenvalue weighted by atomic mass is 10.2. The van der Waals surface area contributed by atoms with Crippen molar-refractivity contribution >= 4 is 27.6 Å². The quantitative estimate of drug-likeness (QED) is 0.757. The summed E-state index contributed by atoms with van der Waals surface area (Å²) in [6.07, 6.45) is 4.20. The summed E-state index contributed by atoms with van der Waals surface area (Å²) in [6, 6.07) is 6.07. The van der Waals surface area contributed by atoms with Gasteiger partial charge in [-0.15, -0.1) is 0 Å². The molecule has 1 amide bonds. The summed E-state index contributed by atoms with van der Waals surface area (Å²) in [5.74, 6) is -0.998. The van der Waals surface area contributed by atoms with Crippen LogP contribution in [0.4, 0.5) is 5.69 Å². The van der Waals surface area contributed by atoms with Crippen LogP contribution in [0.1, 0.15) is 43.0 Å². The molecule has 8 heteroatoms. The monoisotopic (exact) mass is 354 g/mol. The van der Waals surface area contributed by atoms with Crippen LogP contribution in [0, 0.1) is 0 Å². The standard InChI is InChI=1S/C16H22N2O5S/c1-11(15(19)17-13-7-3-4-8-13)23-16(20)12-6-5-9-14(10-12)18-24(2,21)22/h5-6,9-11,13,18H,3-4,7-8H2,1-2H3,(H,17,19)/t11-/m0/s1. The highest BCUT2D eigenvalue weighted by atomic mass is 32.2. The molecule has 1 aromatic rings. The van der Waals surface area contributed by atoms with Gasteiger partial charge < -0.3 is 10.1 Å². The Morgan fingerprint density at radius 2 is 1.92 bits per heavy atom.